The van der Waals surface area contributed by atoms with Gasteiger partial charge in [-0.3, -0.25) is 28.8 Å². The first kappa shape index (κ1) is 27.2. The molecule has 0 bridgehead atoms. The van der Waals surface area contributed by atoms with Gasteiger partial charge in [0.05, 0.1) is 31.0 Å². The molecule has 1 aliphatic heterocycles. The third kappa shape index (κ3) is 5.67. The van der Waals surface area contributed by atoms with Gasteiger partial charge in [-0.1, -0.05) is 17.7 Å². The topological polar surface area (TPSA) is 109 Å². The summed E-state index contributed by atoms with van der Waals surface area (Å²) in [5.41, 5.74) is 1.27. The van der Waals surface area contributed by atoms with Gasteiger partial charge in [0.25, 0.3) is 5.56 Å². The third-order valence-corrected chi connectivity index (χ3v) is 6.17. The Morgan fingerprint density at radius 1 is 1.03 bits per heavy atom. The Balaban J connectivity index is 1.56. The minimum absolute atomic E-state index is 0.0736. The van der Waals surface area contributed by atoms with Crippen LogP contribution in [0, 0.1) is 11.6 Å². The summed E-state index contributed by atoms with van der Waals surface area (Å²) < 4.78 is 33.6. The molecule has 200 valence electrons. The lowest BCUT2D eigenvalue weighted by Crippen LogP contribution is -2.43. The zero-order valence-corrected chi connectivity index (χ0v) is 21.4. The molecule has 4 rings (SSSR count). The van der Waals surface area contributed by atoms with E-state index in [0.29, 0.717) is 16.9 Å². The summed E-state index contributed by atoms with van der Waals surface area (Å²) in [5, 5.41) is 5.34. The molecule has 0 saturated carbocycles. The second-order valence-corrected chi connectivity index (χ2v) is 8.87. The summed E-state index contributed by atoms with van der Waals surface area (Å²) in [7, 11) is 3.32. The Labute approximate surface area is 221 Å². The maximum absolute atomic E-state index is 13.9. The molecule has 0 aliphatic carbocycles. The molecule has 10 nitrogen and oxygen atoms in total. The summed E-state index contributed by atoms with van der Waals surface area (Å²) in [6.07, 6.45) is 1.24. The number of ether oxygens (including phenoxy) is 1. The lowest BCUT2D eigenvalue weighted by molar-refractivity contribution is -0.118. The first-order valence-corrected chi connectivity index (χ1v) is 12.0. The molecule has 0 atom stereocenters. The van der Waals surface area contributed by atoms with Crippen molar-refractivity contribution >= 4 is 34.8 Å². The number of anilines is 2. The van der Waals surface area contributed by atoms with Crippen molar-refractivity contribution in [3.05, 3.63) is 80.9 Å². The van der Waals surface area contributed by atoms with E-state index < -0.39 is 17.2 Å². The monoisotopic (exact) mass is 546 g/mol. The molecule has 2 amide bonds. The van der Waals surface area contributed by atoms with Gasteiger partial charge in [0, 0.05) is 11.6 Å². The number of nitrogens with zero attached hydrogens (tertiary/aromatic N) is 4. The normalized spacial score (nSPS) is 12.6. The molecular weight excluding hydrogens is 522 g/mol. The summed E-state index contributed by atoms with van der Waals surface area (Å²) >= 11 is 6.19. The van der Waals surface area contributed by atoms with Crippen molar-refractivity contribution in [2.24, 2.45) is 0 Å². The van der Waals surface area contributed by atoms with Gasteiger partial charge in [-0.05, 0) is 43.9 Å². The lowest BCUT2D eigenvalue weighted by Gasteiger charge is -2.19. The molecule has 0 fully saturated rings. The molecule has 1 aliphatic rings. The van der Waals surface area contributed by atoms with Crippen LogP contribution in [0.5, 0.6) is 5.88 Å². The summed E-state index contributed by atoms with van der Waals surface area (Å²) in [5.74, 6) is -2.10. The van der Waals surface area contributed by atoms with Crippen molar-refractivity contribution in [3.8, 4) is 5.88 Å². The first-order valence-electron chi connectivity index (χ1n) is 11.6. The van der Waals surface area contributed by atoms with E-state index in [1.165, 1.54) is 26.8 Å². The van der Waals surface area contributed by atoms with Crippen molar-refractivity contribution in [1.82, 2.24) is 20.2 Å². The molecular formula is C25H25ClF2N6O4. The van der Waals surface area contributed by atoms with Crippen LogP contribution in [0.1, 0.15) is 11.1 Å². The predicted octanol–water partition coefficient (Wildman–Crippen LogP) is 1.88. The molecule has 3 aromatic rings. The number of likely N-dealkylation sites (N-methyl/N-ethyl adjacent to an activating group) is 2. The highest BCUT2D eigenvalue weighted by molar-refractivity contribution is 6.31. The van der Waals surface area contributed by atoms with Crippen molar-refractivity contribution in [3.63, 3.8) is 0 Å². The fraction of sp³-hybridized carbons (Fsp3) is 0.280. The fourth-order valence-electron chi connectivity index (χ4n) is 3.97. The molecule has 0 saturated heterocycles. The fourth-order valence-corrected chi connectivity index (χ4v) is 4.18. The standard InChI is InChI=1S/C25H25ClF2N6O4/c1-29-9-21(35)33-14-34(22(36)10-30-2)20-7-15(3-6-19(20)33)11-32-13-31-24(23(26)25(32)37)38-12-16-4-5-17(27)8-18(16)28/h3-8,13,29-30H,9-12,14H2,1-2H3. The maximum atomic E-state index is 13.9. The van der Waals surface area contributed by atoms with Crippen LogP contribution in [0.4, 0.5) is 20.2 Å². The molecule has 1 aromatic heterocycles. The highest BCUT2D eigenvalue weighted by atomic mass is 35.5. The highest BCUT2D eigenvalue weighted by Gasteiger charge is 2.33. The van der Waals surface area contributed by atoms with Crippen molar-refractivity contribution in [1.29, 1.82) is 0 Å². The van der Waals surface area contributed by atoms with Gasteiger partial charge in [-0.15, -0.1) is 0 Å². The number of amides is 2. The average Bonchev–Trinajstić information content (AvgIpc) is 3.27. The number of halogens is 3. The van der Waals surface area contributed by atoms with E-state index in [9.17, 15) is 23.2 Å². The van der Waals surface area contributed by atoms with Gasteiger partial charge in [0.2, 0.25) is 17.7 Å². The minimum Gasteiger partial charge on any atom is -0.471 e. The molecule has 0 spiro atoms. The Morgan fingerprint density at radius 2 is 1.71 bits per heavy atom. The Hall–Kier alpha value is -3.87. The largest absolute Gasteiger partial charge is 0.471 e. The number of rotatable bonds is 9. The second kappa shape index (κ2) is 11.7. The molecule has 38 heavy (non-hydrogen) atoms. The van der Waals surface area contributed by atoms with Crippen LogP contribution in [0.25, 0.3) is 0 Å². The van der Waals surface area contributed by atoms with Gasteiger partial charge in [0.1, 0.15) is 31.2 Å². The summed E-state index contributed by atoms with van der Waals surface area (Å²) in [4.78, 5) is 45.3. The molecule has 2 aromatic carbocycles. The van der Waals surface area contributed by atoms with E-state index in [-0.39, 0.29) is 61.2 Å². The van der Waals surface area contributed by atoms with Crippen LogP contribution in [0.3, 0.4) is 0 Å². The Kier molecular flexibility index (Phi) is 8.35. The number of fused-ring (bicyclic) bond motifs is 1. The molecule has 0 radical (unpaired) electrons. The van der Waals surface area contributed by atoms with Crippen molar-refractivity contribution in [2.45, 2.75) is 13.2 Å². The number of aromatic nitrogens is 2. The van der Waals surface area contributed by atoms with Crippen LogP contribution in [0.15, 0.2) is 47.5 Å². The van der Waals surface area contributed by atoms with Gasteiger partial charge in [-0.2, -0.15) is 0 Å². The van der Waals surface area contributed by atoms with E-state index in [1.807, 2.05) is 0 Å². The molecule has 0 unspecified atom stereocenters. The Bertz CT molecular complexity index is 1430. The smallest absolute Gasteiger partial charge is 0.276 e. The molecule has 2 heterocycles. The van der Waals surface area contributed by atoms with E-state index >= 15 is 0 Å². The van der Waals surface area contributed by atoms with Crippen molar-refractivity contribution < 1.29 is 23.1 Å². The summed E-state index contributed by atoms with van der Waals surface area (Å²) in [6, 6.07) is 8.25. The van der Waals surface area contributed by atoms with Crippen molar-refractivity contribution in [2.75, 3.05) is 43.7 Å². The molecule has 13 heteroatoms. The Morgan fingerprint density at radius 3 is 2.37 bits per heavy atom. The zero-order valence-electron chi connectivity index (χ0n) is 20.6. The van der Waals surface area contributed by atoms with E-state index in [0.717, 1.165) is 12.1 Å². The minimum atomic E-state index is -0.792. The quantitative estimate of drug-likeness (QED) is 0.422. The number of carbonyl (C=O) groups is 2. The number of carbonyl (C=O) groups excluding carboxylic acids is 2. The SMILES string of the molecule is CNCC(=O)N1CN(C(=O)CNC)c2cc(Cn3cnc(OCc4ccc(F)cc4F)c(Cl)c3=O)ccc21. The van der Waals surface area contributed by atoms with Gasteiger partial charge in [-0.25, -0.2) is 13.8 Å². The van der Waals surface area contributed by atoms with E-state index in [4.69, 9.17) is 16.3 Å². The van der Waals surface area contributed by atoms with E-state index in [2.05, 4.69) is 15.6 Å². The number of benzene rings is 2. The van der Waals surface area contributed by atoms with Gasteiger partial charge < -0.3 is 15.4 Å². The summed E-state index contributed by atoms with van der Waals surface area (Å²) in [6.45, 7) is 0.0431. The number of hydrogen-bond acceptors (Lipinski definition) is 7. The maximum Gasteiger partial charge on any atom is 0.276 e. The highest BCUT2D eigenvalue weighted by Crippen LogP contribution is 2.37. The van der Waals surface area contributed by atoms with Crippen LogP contribution in [-0.4, -0.2) is 55.2 Å². The number of hydrogen-bond donors (Lipinski definition) is 2. The average molecular weight is 547 g/mol. The van der Waals surface area contributed by atoms with Gasteiger partial charge in [0.15, 0.2) is 5.02 Å². The van der Waals surface area contributed by atoms with Crippen LogP contribution < -0.4 is 30.7 Å². The van der Waals surface area contributed by atoms with E-state index in [1.54, 1.807) is 32.3 Å². The molecule has 2 N–H and O–H groups in total. The first-order chi connectivity index (χ1) is 18.2. The van der Waals surface area contributed by atoms with Crippen LogP contribution in [-0.2, 0) is 22.7 Å². The van der Waals surface area contributed by atoms with Crippen LogP contribution >= 0.6 is 11.6 Å². The second-order valence-electron chi connectivity index (χ2n) is 8.49. The predicted molar refractivity (Wildman–Crippen MR) is 137 cm³/mol. The van der Waals surface area contributed by atoms with Crippen LogP contribution in [0.2, 0.25) is 5.02 Å². The zero-order chi connectivity index (χ0) is 27.4. The third-order valence-electron chi connectivity index (χ3n) is 5.85. The van der Waals surface area contributed by atoms with Gasteiger partial charge >= 0.3 is 0 Å². The number of nitrogens with one attached hydrogen (secondary N) is 2. The lowest BCUT2D eigenvalue weighted by atomic mass is 10.1.